The van der Waals surface area contributed by atoms with Gasteiger partial charge in [-0.25, -0.2) is 4.98 Å². The van der Waals surface area contributed by atoms with E-state index in [1.807, 2.05) is 77.5 Å². The van der Waals surface area contributed by atoms with Crippen LogP contribution in [0.5, 0.6) is 0 Å². The van der Waals surface area contributed by atoms with Crippen molar-refractivity contribution in [2.45, 2.75) is 6.54 Å². The molecule has 4 nitrogen and oxygen atoms in total. The minimum absolute atomic E-state index is 0.399. The van der Waals surface area contributed by atoms with Crippen LogP contribution in [0, 0.1) is 0 Å². The zero-order chi connectivity index (χ0) is 17.3. The molecule has 0 radical (unpaired) electrons. The van der Waals surface area contributed by atoms with E-state index in [1.165, 1.54) is 0 Å². The average molecular weight is 352 g/mol. The minimum atomic E-state index is 0.399. The highest BCUT2D eigenvalue weighted by atomic mass is 35.5. The highest BCUT2D eigenvalue weighted by molar-refractivity contribution is 6.30. The second-order valence-electron chi connectivity index (χ2n) is 5.39. The molecule has 0 aliphatic carbocycles. The number of nitrogens with zero attached hydrogens (tertiary/aromatic N) is 3. The lowest BCUT2D eigenvalue weighted by Gasteiger charge is -2.07. The summed E-state index contributed by atoms with van der Waals surface area (Å²) in [6.45, 7) is 0.972. The molecule has 1 aromatic heterocycles. The van der Waals surface area contributed by atoms with Crippen molar-refractivity contribution in [1.29, 1.82) is 0 Å². The van der Waals surface area contributed by atoms with E-state index >= 15 is 0 Å². The molecule has 2 aromatic carbocycles. The van der Waals surface area contributed by atoms with E-state index in [0.717, 1.165) is 16.8 Å². The van der Waals surface area contributed by atoms with E-state index < -0.39 is 0 Å². The van der Waals surface area contributed by atoms with Crippen LogP contribution in [0.2, 0.25) is 5.02 Å². The van der Waals surface area contributed by atoms with Crippen molar-refractivity contribution in [2.75, 3.05) is 6.61 Å². The first-order valence-electron chi connectivity index (χ1n) is 7.93. The first kappa shape index (κ1) is 17.0. The van der Waals surface area contributed by atoms with Crippen LogP contribution in [0.3, 0.4) is 0 Å². The Bertz CT molecular complexity index is 825. The van der Waals surface area contributed by atoms with E-state index in [-0.39, 0.29) is 0 Å². The minimum Gasteiger partial charge on any atom is -0.391 e. The van der Waals surface area contributed by atoms with Crippen LogP contribution in [0.15, 0.2) is 84.6 Å². The summed E-state index contributed by atoms with van der Waals surface area (Å²) in [7, 11) is 0. The molecule has 0 aliphatic rings. The number of rotatable bonds is 7. The number of halogens is 1. The van der Waals surface area contributed by atoms with E-state index in [4.69, 9.17) is 16.4 Å². The van der Waals surface area contributed by atoms with Crippen molar-refractivity contribution in [2.24, 2.45) is 5.16 Å². The van der Waals surface area contributed by atoms with Crippen LogP contribution >= 0.6 is 11.6 Å². The molecule has 1 heterocycles. The normalized spacial score (nSPS) is 11.8. The highest BCUT2D eigenvalue weighted by Gasteiger charge is 2.06. The van der Waals surface area contributed by atoms with Gasteiger partial charge in [0.25, 0.3) is 0 Å². The Morgan fingerprint density at radius 3 is 2.64 bits per heavy atom. The summed E-state index contributed by atoms with van der Waals surface area (Å²) >= 11 is 5.97. The summed E-state index contributed by atoms with van der Waals surface area (Å²) in [5.74, 6) is 0. The fourth-order valence-electron chi connectivity index (χ4n) is 2.27. The number of benzene rings is 2. The first-order chi connectivity index (χ1) is 12.3. The molecule has 3 rings (SSSR count). The fourth-order valence-corrected chi connectivity index (χ4v) is 2.40. The lowest BCUT2D eigenvalue weighted by molar-refractivity contribution is 0.174. The third-order valence-corrected chi connectivity index (χ3v) is 3.78. The third kappa shape index (κ3) is 5.33. The van der Waals surface area contributed by atoms with Crippen LogP contribution < -0.4 is 0 Å². The largest absolute Gasteiger partial charge is 0.391 e. The average Bonchev–Trinajstić information content (AvgIpc) is 3.15. The van der Waals surface area contributed by atoms with Crippen LogP contribution in [0.4, 0.5) is 0 Å². The van der Waals surface area contributed by atoms with Crippen LogP contribution in [0.1, 0.15) is 11.1 Å². The second kappa shape index (κ2) is 8.85. The zero-order valence-corrected chi connectivity index (χ0v) is 14.4. The van der Waals surface area contributed by atoms with Crippen molar-refractivity contribution < 1.29 is 4.84 Å². The van der Waals surface area contributed by atoms with Gasteiger partial charge in [-0.1, -0.05) is 65.3 Å². The summed E-state index contributed by atoms with van der Waals surface area (Å²) in [5.41, 5.74) is 2.90. The third-order valence-electron chi connectivity index (χ3n) is 3.52. The molecule has 0 aliphatic heterocycles. The van der Waals surface area contributed by atoms with E-state index in [1.54, 1.807) is 12.5 Å². The van der Waals surface area contributed by atoms with Crippen LogP contribution in [-0.4, -0.2) is 21.9 Å². The predicted molar refractivity (Wildman–Crippen MR) is 102 cm³/mol. The number of imidazole rings is 1. The van der Waals surface area contributed by atoms with Crippen molar-refractivity contribution in [3.05, 3.63) is 95.5 Å². The SMILES string of the molecule is Clc1ccc(/C(Cn2ccnc2)=N\OC/C=C/c2ccccc2)cc1. The highest BCUT2D eigenvalue weighted by Crippen LogP contribution is 2.12. The van der Waals surface area contributed by atoms with Gasteiger partial charge in [-0.3, -0.25) is 0 Å². The molecule has 25 heavy (non-hydrogen) atoms. The summed E-state index contributed by atoms with van der Waals surface area (Å²) in [4.78, 5) is 9.55. The van der Waals surface area contributed by atoms with Gasteiger partial charge >= 0.3 is 0 Å². The molecule has 0 saturated heterocycles. The molecule has 5 heteroatoms. The van der Waals surface area contributed by atoms with E-state index in [9.17, 15) is 0 Å². The van der Waals surface area contributed by atoms with Gasteiger partial charge in [-0.05, 0) is 23.8 Å². The maximum atomic E-state index is 5.97. The van der Waals surface area contributed by atoms with Gasteiger partial charge in [-0.2, -0.15) is 0 Å². The molecule has 3 aromatic rings. The Morgan fingerprint density at radius 1 is 1.12 bits per heavy atom. The van der Waals surface area contributed by atoms with Crippen molar-refractivity contribution in [3.8, 4) is 0 Å². The molecule has 0 fully saturated rings. The Kier molecular flexibility index (Phi) is 6.01. The molecule has 0 spiro atoms. The molecule has 0 bridgehead atoms. The van der Waals surface area contributed by atoms with Crippen molar-refractivity contribution in [1.82, 2.24) is 9.55 Å². The Balaban J connectivity index is 1.66. The lowest BCUT2D eigenvalue weighted by Crippen LogP contribution is -2.11. The maximum Gasteiger partial charge on any atom is 0.135 e. The zero-order valence-electron chi connectivity index (χ0n) is 13.6. The molecule has 0 atom stereocenters. The number of hydrogen-bond acceptors (Lipinski definition) is 3. The Hall–Kier alpha value is -2.85. The van der Waals surface area contributed by atoms with Gasteiger partial charge in [0.15, 0.2) is 0 Å². The van der Waals surface area contributed by atoms with Gasteiger partial charge in [0.1, 0.15) is 12.3 Å². The van der Waals surface area contributed by atoms with Gasteiger partial charge in [0.2, 0.25) is 0 Å². The quantitative estimate of drug-likeness (QED) is 0.352. The fraction of sp³-hybridized carbons (Fsp3) is 0.100. The first-order valence-corrected chi connectivity index (χ1v) is 8.31. The molecular weight excluding hydrogens is 334 g/mol. The van der Waals surface area contributed by atoms with Crippen LogP contribution in [-0.2, 0) is 11.4 Å². The Labute approximate surface area is 152 Å². The second-order valence-corrected chi connectivity index (χ2v) is 5.83. The predicted octanol–water partition coefficient (Wildman–Crippen LogP) is 4.67. The number of oxime groups is 1. The van der Waals surface area contributed by atoms with Gasteiger partial charge in [0, 0.05) is 23.0 Å². The summed E-state index contributed by atoms with van der Waals surface area (Å²) in [6.07, 6.45) is 9.33. The standard InChI is InChI=1S/C20H18ClN3O/c21-19-10-8-18(9-11-19)20(15-24-13-12-22-16-24)23-25-14-4-7-17-5-2-1-3-6-17/h1-13,16H,14-15H2/b7-4+,23-20-. The van der Waals surface area contributed by atoms with E-state index in [0.29, 0.717) is 18.2 Å². The summed E-state index contributed by atoms with van der Waals surface area (Å²) in [6, 6.07) is 17.6. The van der Waals surface area contributed by atoms with Gasteiger partial charge in [-0.15, -0.1) is 0 Å². The van der Waals surface area contributed by atoms with Crippen LogP contribution in [0.25, 0.3) is 6.08 Å². The topological polar surface area (TPSA) is 39.4 Å². The molecular formula is C20H18ClN3O. The molecule has 0 unspecified atom stereocenters. The van der Waals surface area contributed by atoms with Crippen molar-refractivity contribution in [3.63, 3.8) is 0 Å². The maximum absolute atomic E-state index is 5.97. The molecule has 0 amide bonds. The molecule has 0 N–H and O–H groups in total. The number of hydrogen-bond donors (Lipinski definition) is 0. The smallest absolute Gasteiger partial charge is 0.135 e. The Morgan fingerprint density at radius 2 is 1.92 bits per heavy atom. The lowest BCUT2D eigenvalue weighted by atomic mass is 10.1. The summed E-state index contributed by atoms with van der Waals surface area (Å²) < 4.78 is 1.94. The van der Waals surface area contributed by atoms with Gasteiger partial charge < -0.3 is 9.40 Å². The summed E-state index contributed by atoms with van der Waals surface area (Å²) in [5, 5.41) is 5.00. The molecule has 126 valence electrons. The van der Waals surface area contributed by atoms with E-state index in [2.05, 4.69) is 10.1 Å². The van der Waals surface area contributed by atoms with Crippen molar-refractivity contribution >= 4 is 23.4 Å². The monoisotopic (exact) mass is 351 g/mol. The molecule has 0 saturated carbocycles. The van der Waals surface area contributed by atoms with Gasteiger partial charge in [0.05, 0.1) is 12.9 Å². The number of aromatic nitrogens is 2.